The van der Waals surface area contributed by atoms with E-state index < -0.39 is 17.3 Å². The van der Waals surface area contributed by atoms with Crippen LogP contribution in [0.4, 0.5) is 10.1 Å². The third kappa shape index (κ3) is 3.19. The van der Waals surface area contributed by atoms with Crippen LogP contribution in [0.2, 0.25) is 5.02 Å². The summed E-state index contributed by atoms with van der Waals surface area (Å²) in [6, 6.07) is 11.1. The Morgan fingerprint density at radius 2 is 2.00 bits per heavy atom. The number of hydrogen-bond acceptors (Lipinski definition) is 2. The van der Waals surface area contributed by atoms with Gasteiger partial charge in [0.2, 0.25) is 5.91 Å². The Morgan fingerprint density at radius 1 is 1.33 bits per heavy atom. The first-order valence-electron chi connectivity index (χ1n) is 6.13. The normalized spacial score (nSPS) is 13.5. The number of benzene rings is 2. The maximum absolute atomic E-state index is 14.0. The molecule has 2 rings (SSSR count). The van der Waals surface area contributed by atoms with E-state index in [2.05, 4.69) is 21.2 Å². The summed E-state index contributed by atoms with van der Waals surface area (Å²) in [6.45, 7) is 1.54. The molecule has 1 atom stereocenters. The Hall–Kier alpha value is -1.59. The molecular formula is C15H13BrClFN2O. The first kappa shape index (κ1) is 15.8. The molecule has 0 aromatic heterocycles. The van der Waals surface area contributed by atoms with Crippen molar-refractivity contribution in [1.29, 1.82) is 0 Å². The minimum atomic E-state index is -1.38. The highest BCUT2D eigenvalue weighted by Crippen LogP contribution is 2.31. The van der Waals surface area contributed by atoms with Gasteiger partial charge in [-0.05, 0) is 47.1 Å². The summed E-state index contributed by atoms with van der Waals surface area (Å²) >= 11 is 9.23. The van der Waals surface area contributed by atoms with Gasteiger partial charge in [0.05, 0.1) is 5.02 Å². The van der Waals surface area contributed by atoms with Gasteiger partial charge < -0.3 is 11.1 Å². The van der Waals surface area contributed by atoms with E-state index in [1.165, 1.54) is 19.1 Å². The van der Waals surface area contributed by atoms with Crippen molar-refractivity contribution in [2.45, 2.75) is 12.5 Å². The summed E-state index contributed by atoms with van der Waals surface area (Å²) in [7, 11) is 0. The number of nitrogens with one attached hydrogen (secondary N) is 1. The highest BCUT2D eigenvalue weighted by molar-refractivity contribution is 9.10. The van der Waals surface area contributed by atoms with Crippen molar-refractivity contribution in [2.75, 3.05) is 5.32 Å². The first-order valence-corrected chi connectivity index (χ1v) is 7.30. The second-order valence-electron chi connectivity index (χ2n) is 4.72. The van der Waals surface area contributed by atoms with Gasteiger partial charge in [0.15, 0.2) is 0 Å². The molecule has 0 spiro atoms. The Balaban J connectivity index is 2.46. The zero-order valence-electron chi connectivity index (χ0n) is 11.2. The fourth-order valence-electron chi connectivity index (χ4n) is 1.99. The van der Waals surface area contributed by atoms with Gasteiger partial charge in [-0.3, -0.25) is 4.79 Å². The van der Waals surface area contributed by atoms with Crippen molar-refractivity contribution in [1.82, 2.24) is 0 Å². The summed E-state index contributed by atoms with van der Waals surface area (Å²) in [4.78, 5) is 11.9. The molecule has 2 aromatic carbocycles. The van der Waals surface area contributed by atoms with Gasteiger partial charge >= 0.3 is 0 Å². The van der Waals surface area contributed by atoms with Crippen molar-refractivity contribution >= 4 is 39.1 Å². The Morgan fingerprint density at radius 3 is 2.57 bits per heavy atom. The molecule has 0 bridgehead atoms. The van der Waals surface area contributed by atoms with Gasteiger partial charge in [-0.2, -0.15) is 0 Å². The molecule has 0 heterocycles. The summed E-state index contributed by atoms with van der Waals surface area (Å²) in [6.07, 6.45) is 0. The minimum Gasteiger partial charge on any atom is -0.368 e. The largest absolute Gasteiger partial charge is 0.368 e. The first-order chi connectivity index (χ1) is 9.84. The molecule has 3 nitrogen and oxygen atoms in total. The standard InChI is InChI=1S/C15H13BrClFN2O/c1-15(14(19)21,10-4-2-3-5-13(10)18)20-9-6-7-12(17)11(16)8-9/h2-8,20H,1H3,(H2,19,21). The number of hydrogen-bond donors (Lipinski definition) is 2. The molecule has 3 N–H and O–H groups in total. The van der Waals surface area contributed by atoms with E-state index in [4.69, 9.17) is 17.3 Å². The van der Waals surface area contributed by atoms with E-state index in [0.29, 0.717) is 15.2 Å². The van der Waals surface area contributed by atoms with Crippen molar-refractivity contribution in [2.24, 2.45) is 5.73 Å². The molecule has 0 saturated heterocycles. The Bertz CT molecular complexity index is 695. The summed E-state index contributed by atoms with van der Waals surface area (Å²) in [5.41, 5.74) is 4.88. The molecule has 0 fully saturated rings. The van der Waals surface area contributed by atoms with Crippen LogP contribution in [-0.2, 0) is 10.3 Å². The summed E-state index contributed by atoms with van der Waals surface area (Å²) < 4.78 is 14.7. The van der Waals surface area contributed by atoms with E-state index in [9.17, 15) is 9.18 Å². The van der Waals surface area contributed by atoms with Crippen LogP contribution in [-0.4, -0.2) is 5.91 Å². The number of halogens is 3. The number of carbonyl (C=O) groups is 1. The summed E-state index contributed by atoms with van der Waals surface area (Å²) in [5, 5.41) is 3.51. The Labute approximate surface area is 135 Å². The fraction of sp³-hybridized carbons (Fsp3) is 0.133. The van der Waals surface area contributed by atoms with E-state index in [-0.39, 0.29) is 5.56 Å². The van der Waals surface area contributed by atoms with Crippen LogP contribution in [0, 0.1) is 5.82 Å². The van der Waals surface area contributed by atoms with Gasteiger partial charge in [0.1, 0.15) is 11.4 Å². The highest BCUT2D eigenvalue weighted by Gasteiger charge is 2.35. The molecule has 1 unspecified atom stereocenters. The maximum Gasteiger partial charge on any atom is 0.247 e. The average molecular weight is 372 g/mol. The second kappa shape index (κ2) is 6.03. The summed E-state index contributed by atoms with van der Waals surface area (Å²) in [5.74, 6) is -1.18. The topological polar surface area (TPSA) is 55.1 Å². The van der Waals surface area contributed by atoms with Crippen molar-refractivity contribution in [3.63, 3.8) is 0 Å². The molecule has 0 aliphatic carbocycles. The molecule has 6 heteroatoms. The lowest BCUT2D eigenvalue weighted by Gasteiger charge is -2.29. The SMILES string of the molecule is CC(Nc1ccc(Cl)c(Br)c1)(C(N)=O)c1ccccc1F. The van der Waals surface area contributed by atoms with Crippen molar-refractivity contribution in [3.05, 3.63) is 63.3 Å². The predicted octanol–water partition coefficient (Wildman–Crippen LogP) is 4.05. The molecule has 0 aliphatic heterocycles. The van der Waals surface area contributed by atoms with E-state index >= 15 is 0 Å². The second-order valence-corrected chi connectivity index (χ2v) is 5.98. The molecule has 21 heavy (non-hydrogen) atoms. The molecule has 0 aliphatic rings. The number of carbonyl (C=O) groups excluding carboxylic acids is 1. The van der Waals surface area contributed by atoms with Crippen LogP contribution in [0.5, 0.6) is 0 Å². The lowest BCUT2D eigenvalue weighted by molar-refractivity contribution is -0.122. The van der Waals surface area contributed by atoms with Crippen LogP contribution in [0.15, 0.2) is 46.9 Å². The van der Waals surface area contributed by atoms with Gasteiger partial charge in [-0.1, -0.05) is 29.8 Å². The van der Waals surface area contributed by atoms with Crippen LogP contribution in [0.3, 0.4) is 0 Å². The van der Waals surface area contributed by atoms with Crippen LogP contribution < -0.4 is 11.1 Å². The number of nitrogens with two attached hydrogens (primary N) is 1. The average Bonchev–Trinajstić information content (AvgIpc) is 2.43. The Kier molecular flexibility index (Phi) is 4.54. The minimum absolute atomic E-state index is 0.184. The van der Waals surface area contributed by atoms with Gasteiger partial charge in [-0.15, -0.1) is 0 Å². The molecule has 1 amide bonds. The molecular weight excluding hydrogens is 359 g/mol. The van der Waals surface area contributed by atoms with Crippen LogP contribution in [0.25, 0.3) is 0 Å². The number of primary amides is 1. The number of amides is 1. The van der Waals surface area contributed by atoms with E-state index in [0.717, 1.165) is 0 Å². The van der Waals surface area contributed by atoms with E-state index in [1.807, 2.05) is 0 Å². The van der Waals surface area contributed by atoms with Crippen LogP contribution >= 0.6 is 27.5 Å². The maximum atomic E-state index is 14.0. The van der Waals surface area contributed by atoms with Crippen molar-refractivity contribution < 1.29 is 9.18 Å². The predicted molar refractivity (Wildman–Crippen MR) is 85.7 cm³/mol. The quantitative estimate of drug-likeness (QED) is 0.852. The van der Waals surface area contributed by atoms with Gasteiger partial charge in [-0.25, -0.2) is 4.39 Å². The molecule has 0 radical (unpaired) electrons. The van der Waals surface area contributed by atoms with E-state index in [1.54, 1.807) is 30.3 Å². The third-order valence-corrected chi connectivity index (χ3v) is 4.43. The van der Waals surface area contributed by atoms with Crippen molar-refractivity contribution in [3.8, 4) is 0 Å². The zero-order valence-corrected chi connectivity index (χ0v) is 13.5. The molecule has 2 aromatic rings. The third-order valence-electron chi connectivity index (χ3n) is 3.22. The molecule has 0 saturated carbocycles. The lowest BCUT2D eigenvalue weighted by Crippen LogP contribution is -2.45. The van der Waals surface area contributed by atoms with Gasteiger partial charge in [0, 0.05) is 15.7 Å². The number of anilines is 1. The smallest absolute Gasteiger partial charge is 0.247 e. The number of rotatable bonds is 4. The van der Waals surface area contributed by atoms with Crippen LogP contribution in [0.1, 0.15) is 12.5 Å². The lowest BCUT2D eigenvalue weighted by atomic mass is 9.90. The zero-order chi connectivity index (χ0) is 15.6. The fourth-order valence-corrected chi connectivity index (χ4v) is 2.49. The highest BCUT2D eigenvalue weighted by atomic mass is 79.9. The molecule has 110 valence electrons. The monoisotopic (exact) mass is 370 g/mol. The van der Waals surface area contributed by atoms with Gasteiger partial charge in [0.25, 0.3) is 0 Å².